The van der Waals surface area contributed by atoms with Crippen LogP contribution < -0.4 is 5.32 Å². The molecule has 0 saturated carbocycles. The summed E-state index contributed by atoms with van der Waals surface area (Å²) in [6.07, 6.45) is -1.84. The summed E-state index contributed by atoms with van der Waals surface area (Å²) in [4.78, 5) is 24.4. The van der Waals surface area contributed by atoms with E-state index in [0.29, 0.717) is 23.4 Å². The molecule has 0 radical (unpaired) electrons. The molecule has 3 aromatic rings. The van der Waals surface area contributed by atoms with E-state index in [2.05, 4.69) is 20.3 Å². The minimum atomic E-state index is -4.56. The van der Waals surface area contributed by atoms with Crippen molar-refractivity contribution in [1.82, 2.24) is 24.6 Å². The summed E-state index contributed by atoms with van der Waals surface area (Å²) < 4.78 is 78.8. The van der Waals surface area contributed by atoms with Crippen molar-refractivity contribution in [3.63, 3.8) is 0 Å². The number of nitrogens with one attached hydrogen (secondary N) is 1. The Morgan fingerprint density at radius 2 is 1.83 bits per heavy atom. The molecule has 2 aromatic heterocycles. The highest BCUT2D eigenvalue weighted by atomic mass is 32.2. The molecule has 1 saturated heterocycles. The average Bonchev–Trinajstić information content (AvgIpc) is 3.25. The van der Waals surface area contributed by atoms with Gasteiger partial charge >= 0.3 is 6.18 Å². The number of halogens is 4. The number of sulfonamides is 1. The maximum Gasteiger partial charge on any atom is 0.433 e. The standard InChI is InChI=1S/C23H21F4N5O3S/c1-14-8-9-32(36(34,35)18-5-3-16(24)4-6-18)21(14)22(33)29-12-17-10-19(31-13-30-17)15-2-7-20(28-11-15)23(25,26)27/h2-7,10-11,13-14,21H,8-9,12H2,1H3,(H,29,33)/t14?,21-/m0/s1. The van der Waals surface area contributed by atoms with Crippen LogP contribution in [0.2, 0.25) is 0 Å². The highest BCUT2D eigenvalue weighted by Gasteiger charge is 2.43. The van der Waals surface area contributed by atoms with Gasteiger partial charge in [0.15, 0.2) is 0 Å². The zero-order valence-corrected chi connectivity index (χ0v) is 19.7. The largest absolute Gasteiger partial charge is 0.433 e. The number of amides is 1. The van der Waals surface area contributed by atoms with Gasteiger partial charge in [0, 0.05) is 18.3 Å². The number of rotatable bonds is 6. The van der Waals surface area contributed by atoms with Crippen LogP contribution in [-0.2, 0) is 27.5 Å². The molecule has 8 nitrogen and oxygen atoms in total. The first-order chi connectivity index (χ1) is 17.0. The number of hydrogen-bond donors (Lipinski definition) is 1. The molecule has 0 bridgehead atoms. The first-order valence-corrected chi connectivity index (χ1v) is 12.3. The van der Waals surface area contributed by atoms with Gasteiger partial charge in [0.25, 0.3) is 0 Å². The van der Waals surface area contributed by atoms with Crippen LogP contribution in [0.3, 0.4) is 0 Å². The Kier molecular flexibility index (Phi) is 7.05. The fourth-order valence-corrected chi connectivity index (χ4v) is 5.66. The Bertz CT molecular complexity index is 1350. The second-order valence-electron chi connectivity index (χ2n) is 8.32. The van der Waals surface area contributed by atoms with E-state index >= 15 is 0 Å². The second-order valence-corrected chi connectivity index (χ2v) is 10.2. The average molecular weight is 524 g/mol. The van der Waals surface area contributed by atoms with Crippen LogP contribution in [0.4, 0.5) is 17.6 Å². The molecule has 3 heterocycles. The Morgan fingerprint density at radius 1 is 1.11 bits per heavy atom. The van der Waals surface area contributed by atoms with E-state index < -0.39 is 39.7 Å². The van der Waals surface area contributed by atoms with E-state index in [9.17, 15) is 30.8 Å². The third-order valence-electron chi connectivity index (χ3n) is 5.86. The lowest BCUT2D eigenvalue weighted by molar-refractivity contribution is -0.141. The van der Waals surface area contributed by atoms with Crippen LogP contribution in [0.1, 0.15) is 24.7 Å². The molecular formula is C23H21F4N5O3S. The summed E-state index contributed by atoms with van der Waals surface area (Å²) in [6.45, 7) is 1.85. The molecule has 1 unspecified atom stereocenters. The quantitative estimate of drug-likeness (QED) is 0.497. The number of pyridine rings is 1. The van der Waals surface area contributed by atoms with Gasteiger partial charge in [-0.2, -0.15) is 17.5 Å². The van der Waals surface area contributed by atoms with Crippen molar-refractivity contribution in [3.8, 4) is 11.3 Å². The summed E-state index contributed by atoms with van der Waals surface area (Å²) in [5.41, 5.74) is -0.0189. The summed E-state index contributed by atoms with van der Waals surface area (Å²) in [7, 11) is -4.03. The highest BCUT2D eigenvalue weighted by Crippen LogP contribution is 2.31. The van der Waals surface area contributed by atoms with Gasteiger partial charge in [0.05, 0.1) is 22.8 Å². The van der Waals surface area contributed by atoms with E-state index in [1.807, 2.05) is 0 Å². The van der Waals surface area contributed by atoms with Crippen molar-refractivity contribution in [2.75, 3.05) is 6.54 Å². The lowest BCUT2D eigenvalue weighted by Crippen LogP contribution is -2.47. The topological polar surface area (TPSA) is 105 Å². The zero-order chi connectivity index (χ0) is 26.1. The smallest absolute Gasteiger partial charge is 0.349 e. The van der Waals surface area contributed by atoms with Gasteiger partial charge in [-0.25, -0.2) is 22.8 Å². The fraction of sp³-hybridized carbons (Fsp3) is 0.304. The second kappa shape index (κ2) is 9.90. The number of alkyl halides is 3. The minimum absolute atomic E-state index is 0.0595. The van der Waals surface area contributed by atoms with Gasteiger partial charge in [-0.05, 0) is 54.8 Å². The number of carbonyl (C=O) groups is 1. The van der Waals surface area contributed by atoms with Gasteiger partial charge in [-0.1, -0.05) is 6.92 Å². The molecule has 1 amide bonds. The molecule has 1 fully saturated rings. The molecule has 2 atom stereocenters. The molecule has 190 valence electrons. The van der Waals surface area contributed by atoms with E-state index in [1.54, 1.807) is 6.92 Å². The Balaban J connectivity index is 1.47. The molecule has 4 rings (SSSR count). The molecule has 1 aliphatic rings. The van der Waals surface area contributed by atoms with Crippen LogP contribution >= 0.6 is 0 Å². The minimum Gasteiger partial charge on any atom is -0.349 e. The summed E-state index contributed by atoms with van der Waals surface area (Å²) in [5, 5.41) is 2.68. The predicted octanol–water partition coefficient (Wildman–Crippen LogP) is 3.41. The van der Waals surface area contributed by atoms with Crippen LogP contribution in [0.5, 0.6) is 0 Å². The maximum atomic E-state index is 13.3. The zero-order valence-electron chi connectivity index (χ0n) is 18.9. The van der Waals surface area contributed by atoms with Crippen molar-refractivity contribution < 1.29 is 30.8 Å². The van der Waals surface area contributed by atoms with E-state index in [1.165, 1.54) is 18.5 Å². The molecule has 13 heteroatoms. The van der Waals surface area contributed by atoms with Gasteiger partial charge in [-0.15, -0.1) is 0 Å². The SMILES string of the molecule is CC1CCN(S(=O)(=O)c2ccc(F)cc2)[C@@H]1C(=O)NCc1cc(-c2ccc(C(F)(F)F)nc2)ncn1. The summed E-state index contributed by atoms with van der Waals surface area (Å²) >= 11 is 0. The number of aromatic nitrogens is 3. The Hall–Kier alpha value is -3.45. The van der Waals surface area contributed by atoms with Crippen molar-refractivity contribution in [2.45, 2.75) is 37.0 Å². The van der Waals surface area contributed by atoms with Crippen LogP contribution in [-0.4, -0.2) is 46.2 Å². The lowest BCUT2D eigenvalue weighted by Gasteiger charge is -2.25. The normalized spacial score (nSPS) is 18.8. The number of nitrogens with zero attached hydrogens (tertiary/aromatic N) is 4. The molecule has 1 aromatic carbocycles. The van der Waals surface area contributed by atoms with Gasteiger partial charge in [0.1, 0.15) is 23.9 Å². The van der Waals surface area contributed by atoms with Crippen LogP contribution in [0.25, 0.3) is 11.3 Å². The fourth-order valence-electron chi connectivity index (χ4n) is 3.96. The first kappa shape index (κ1) is 25.6. The number of carbonyl (C=O) groups excluding carboxylic acids is 1. The Morgan fingerprint density at radius 3 is 2.47 bits per heavy atom. The first-order valence-electron chi connectivity index (χ1n) is 10.9. The molecule has 0 aliphatic carbocycles. The van der Waals surface area contributed by atoms with E-state index in [4.69, 9.17) is 0 Å². The summed E-state index contributed by atoms with van der Waals surface area (Å²) in [5.74, 6) is -1.37. The Labute approximate surface area is 204 Å². The highest BCUT2D eigenvalue weighted by molar-refractivity contribution is 7.89. The van der Waals surface area contributed by atoms with Crippen molar-refractivity contribution in [3.05, 3.63) is 72.2 Å². The van der Waals surface area contributed by atoms with Gasteiger partial charge in [0.2, 0.25) is 15.9 Å². The monoisotopic (exact) mass is 523 g/mol. The number of benzene rings is 1. The molecular weight excluding hydrogens is 502 g/mol. The van der Waals surface area contributed by atoms with Crippen LogP contribution in [0, 0.1) is 11.7 Å². The van der Waals surface area contributed by atoms with Crippen molar-refractivity contribution >= 4 is 15.9 Å². The van der Waals surface area contributed by atoms with Gasteiger partial charge in [-0.3, -0.25) is 9.78 Å². The van der Waals surface area contributed by atoms with E-state index in [0.717, 1.165) is 40.8 Å². The van der Waals surface area contributed by atoms with Crippen LogP contribution in [0.15, 0.2) is 59.9 Å². The third-order valence-corrected chi connectivity index (χ3v) is 7.76. The third kappa shape index (κ3) is 5.36. The maximum absolute atomic E-state index is 13.3. The number of hydrogen-bond acceptors (Lipinski definition) is 6. The lowest BCUT2D eigenvalue weighted by atomic mass is 10.0. The molecule has 0 spiro atoms. The molecule has 1 N–H and O–H groups in total. The molecule has 1 aliphatic heterocycles. The van der Waals surface area contributed by atoms with Crippen molar-refractivity contribution in [1.29, 1.82) is 0 Å². The van der Waals surface area contributed by atoms with Gasteiger partial charge < -0.3 is 5.32 Å². The molecule has 36 heavy (non-hydrogen) atoms. The van der Waals surface area contributed by atoms with Crippen molar-refractivity contribution in [2.24, 2.45) is 5.92 Å². The summed E-state index contributed by atoms with van der Waals surface area (Å²) in [6, 6.07) is 6.99. The van der Waals surface area contributed by atoms with E-state index in [-0.39, 0.29) is 23.9 Å². The predicted molar refractivity (Wildman–Crippen MR) is 120 cm³/mol.